The number of para-hydroxylation sites is 2. The molecule has 186 valence electrons. The first-order valence-corrected chi connectivity index (χ1v) is 13.5. The van der Waals surface area contributed by atoms with Gasteiger partial charge in [-0.3, -0.25) is 0 Å². The molecule has 0 bridgehead atoms. The van der Waals surface area contributed by atoms with Crippen molar-refractivity contribution in [3.63, 3.8) is 0 Å². The van der Waals surface area contributed by atoms with Crippen molar-refractivity contribution in [1.82, 2.24) is 0 Å². The molecule has 2 heteroatoms. The Bertz CT molecular complexity index is 1950. The minimum Gasteiger partial charge on any atom is -0.456 e. The first-order valence-electron chi connectivity index (χ1n) is 13.5. The molecule has 40 heavy (non-hydrogen) atoms. The molecule has 0 fully saturated rings. The van der Waals surface area contributed by atoms with Gasteiger partial charge in [-0.2, -0.15) is 5.26 Å². The summed E-state index contributed by atoms with van der Waals surface area (Å²) in [7, 11) is 0. The Labute approximate surface area is 233 Å². The molecule has 2 nitrogen and oxygen atoms in total. The fourth-order valence-corrected chi connectivity index (χ4v) is 6.71. The van der Waals surface area contributed by atoms with E-state index in [4.69, 9.17) is 4.74 Å². The Kier molecular flexibility index (Phi) is 4.83. The van der Waals surface area contributed by atoms with Crippen molar-refractivity contribution in [3.8, 4) is 50.9 Å². The van der Waals surface area contributed by atoms with E-state index in [9.17, 15) is 5.26 Å². The summed E-state index contributed by atoms with van der Waals surface area (Å²) in [4.78, 5) is 0. The highest BCUT2D eigenvalue weighted by Crippen LogP contribution is 2.63. The van der Waals surface area contributed by atoms with Gasteiger partial charge in [-0.15, -0.1) is 0 Å². The lowest BCUT2D eigenvalue weighted by molar-refractivity contribution is 0.438. The number of hydrogen-bond donors (Lipinski definition) is 0. The largest absolute Gasteiger partial charge is 0.456 e. The first-order chi connectivity index (χ1) is 19.8. The van der Waals surface area contributed by atoms with Crippen LogP contribution >= 0.6 is 0 Å². The first kappa shape index (κ1) is 22.6. The molecule has 6 aromatic carbocycles. The highest BCUT2D eigenvalue weighted by atomic mass is 16.5. The molecule has 2 aliphatic rings. The third kappa shape index (κ3) is 3.04. The van der Waals surface area contributed by atoms with Crippen LogP contribution in [0.3, 0.4) is 0 Å². The van der Waals surface area contributed by atoms with Crippen molar-refractivity contribution in [2.75, 3.05) is 0 Å². The normalized spacial score (nSPS) is 13.4. The maximum absolute atomic E-state index is 9.22. The fourth-order valence-electron chi connectivity index (χ4n) is 6.71. The van der Waals surface area contributed by atoms with E-state index in [0.717, 1.165) is 39.3 Å². The molecular weight excluding hydrogens is 486 g/mol. The number of ether oxygens (including phenoxy) is 1. The molecule has 0 saturated carbocycles. The predicted octanol–water partition coefficient (Wildman–Crippen LogP) is 9.36. The number of hydrogen-bond acceptors (Lipinski definition) is 2. The topological polar surface area (TPSA) is 33.0 Å². The maximum Gasteiger partial charge on any atom is 0.140 e. The van der Waals surface area contributed by atoms with Crippen molar-refractivity contribution in [3.05, 3.63) is 167 Å². The van der Waals surface area contributed by atoms with E-state index in [1.807, 2.05) is 24.3 Å². The Morgan fingerprint density at radius 2 is 1.05 bits per heavy atom. The molecule has 1 aliphatic heterocycles. The summed E-state index contributed by atoms with van der Waals surface area (Å²) < 4.78 is 6.82. The second-order valence-electron chi connectivity index (χ2n) is 10.4. The predicted molar refractivity (Wildman–Crippen MR) is 159 cm³/mol. The number of benzene rings is 6. The molecule has 0 atom stereocenters. The van der Waals surface area contributed by atoms with Crippen LogP contribution in [0.1, 0.15) is 27.8 Å². The summed E-state index contributed by atoms with van der Waals surface area (Å²) in [5.41, 5.74) is 12.0. The molecule has 0 amide bonds. The van der Waals surface area contributed by atoms with E-state index in [1.54, 1.807) is 0 Å². The molecule has 0 aromatic heterocycles. The van der Waals surface area contributed by atoms with E-state index in [1.165, 1.54) is 27.8 Å². The number of fused-ring (bicyclic) bond motifs is 9. The highest BCUT2D eigenvalue weighted by Gasteiger charge is 2.51. The molecule has 1 heterocycles. The number of nitrogens with zero attached hydrogens (tertiary/aromatic N) is 1. The lowest BCUT2D eigenvalue weighted by Crippen LogP contribution is -2.32. The summed E-state index contributed by atoms with van der Waals surface area (Å²) in [6.07, 6.45) is 0. The van der Waals surface area contributed by atoms with Gasteiger partial charge >= 0.3 is 0 Å². The zero-order chi connectivity index (χ0) is 26.7. The average molecular weight is 510 g/mol. The second-order valence-corrected chi connectivity index (χ2v) is 10.4. The third-order valence-corrected chi connectivity index (χ3v) is 8.40. The smallest absolute Gasteiger partial charge is 0.140 e. The Morgan fingerprint density at radius 3 is 1.77 bits per heavy atom. The fraction of sp³-hybridized carbons (Fsp3) is 0.0263. The summed E-state index contributed by atoms with van der Waals surface area (Å²) in [6, 6.07) is 51.1. The van der Waals surface area contributed by atoms with Gasteiger partial charge in [-0.25, -0.2) is 0 Å². The van der Waals surface area contributed by atoms with Crippen LogP contribution in [0, 0.1) is 11.3 Å². The highest BCUT2D eigenvalue weighted by molar-refractivity contribution is 5.90. The van der Waals surface area contributed by atoms with Crippen molar-refractivity contribution in [1.29, 1.82) is 5.26 Å². The molecule has 6 aromatic rings. The SMILES string of the molecule is N#Cc1ccc(-c2cccc(-c3cccc4c3Oc3ccccc3C43c4ccccc4-c4ccccc43)c2)cc1. The van der Waals surface area contributed by atoms with Crippen molar-refractivity contribution in [2.45, 2.75) is 5.41 Å². The van der Waals surface area contributed by atoms with Gasteiger partial charge in [0.2, 0.25) is 0 Å². The number of nitriles is 1. The van der Waals surface area contributed by atoms with Crippen LogP contribution in [-0.4, -0.2) is 0 Å². The van der Waals surface area contributed by atoms with Crippen molar-refractivity contribution in [2.24, 2.45) is 0 Å². The van der Waals surface area contributed by atoms with Crippen LogP contribution in [0.15, 0.2) is 140 Å². The molecule has 0 radical (unpaired) electrons. The van der Waals surface area contributed by atoms with Gasteiger partial charge in [0.05, 0.1) is 17.0 Å². The van der Waals surface area contributed by atoms with Gasteiger partial charge in [0.15, 0.2) is 0 Å². The van der Waals surface area contributed by atoms with Crippen LogP contribution in [0.25, 0.3) is 33.4 Å². The molecule has 1 aliphatic carbocycles. The lowest BCUT2D eigenvalue weighted by Gasteiger charge is -2.40. The van der Waals surface area contributed by atoms with Gasteiger partial charge in [-0.05, 0) is 63.2 Å². The summed E-state index contributed by atoms with van der Waals surface area (Å²) in [5.74, 6) is 1.78. The van der Waals surface area contributed by atoms with Crippen molar-refractivity contribution < 1.29 is 4.74 Å². The van der Waals surface area contributed by atoms with Crippen LogP contribution < -0.4 is 4.74 Å². The monoisotopic (exact) mass is 509 g/mol. The second kappa shape index (κ2) is 8.56. The van der Waals surface area contributed by atoms with Crippen molar-refractivity contribution >= 4 is 0 Å². The van der Waals surface area contributed by atoms with Gasteiger partial charge in [0.25, 0.3) is 0 Å². The molecule has 0 N–H and O–H groups in total. The molecule has 8 rings (SSSR count). The Hall–Kier alpha value is -5.39. The van der Waals surface area contributed by atoms with E-state index in [0.29, 0.717) is 5.56 Å². The average Bonchev–Trinajstić information content (AvgIpc) is 3.32. The van der Waals surface area contributed by atoms with Gasteiger partial charge in [0, 0.05) is 16.7 Å². The minimum atomic E-state index is -0.474. The molecule has 0 saturated heterocycles. The van der Waals surface area contributed by atoms with Crippen LogP contribution in [0.4, 0.5) is 0 Å². The van der Waals surface area contributed by atoms with Crippen LogP contribution in [-0.2, 0) is 5.41 Å². The number of rotatable bonds is 2. The van der Waals surface area contributed by atoms with Gasteiger partial charge in [-0.1, -0.05) is 115 Å². The summed E-state index contributed by atoms with van der Waals surface area (Å²) in [6.45, 7) is 0. The van der Waals surface area contributed by atoms with Crippen LogP contribution in [0.2, 0.25) is 0 Å². The standard InChI is InChI=1S/C38H23NO/c39-24-25-19-21-26(22-20-25)27-9-7-10-28(23-27)29-13-8-17-35-37(29)40-36-18-6-5-16-34(36)38(35)32-14-3-1-11-30(32)31-12-2-4-15-33(31)38/h1-23H. The maximum atomic E-state index is 9.22. The van der Waals surface area contributed by atoms with Crippen LogP contribution in [0.5, 0.6) is 11.5 Å². The zero-order valence-corrected chi connectivity index (χ0v) is 21.6. The third-order valence-electron chi connectivity index (χ3n) is 8.40. The quantitative estimate of drug-likeness (QED) is 0.233. The van der Waals surface area contributed by atoms with E-state index in [2.05, 4.69) is 121 Å². The summed E-state index contributed by atoms with van der Waals surface area (Å²) >= 11 is 0. The van der Waals surface area contributed by atoms with E-state index in [-0.39, 0.29) is 0 Å². The van der Waals surface area contributed by atoms with Gasteiger partial charge < -0.3 is 4.74 Å². The molecular formula is C38H23NO. The summed E-state index contributed by atoms with van der Waals surface area (Å²) in [5, 5.41) is 9.22. The molecule has 1 spiro atoms. The van der Waals surface area contributed by atoms with E-state index >= 15 is 0 Å². The van der Waals surface area contributed by atoms with E-state index < -0.39 is 5.41 Å². The Morgan fingerprint density at radius 1 is 0.475 bits per heavy atom. The van der Waals surface area contributed by atoms with Gasteiger partial charge in [0.1, 0.15) is 11.5 Å². The zero-order valence-electron chi connectivity index (χ0n) is 21.6. The lowest BCUT2D eigenvalue weighted by atomic mass is 9.65. The Balaban J connectivity index is 1.40. The minimum absolute atomic E-state index is 0.474. The molecule has 0 unspecified atom stereocenters.